The zero-order chi connectivity index (χ0) is 21.8. The Labute approximate surface area is 184 Å². The summed E-state index contributed by atoms with van der Waals surface area (Å²) in [5.41, 5.74) is 3.56. The van der Waals surface area contributed by atoms with Gasteiger partial charge < -0.3 is 9.64 Å². The molecule has 2 aliphatic heterocycles. The van der Waals surface area contributed by atoms with Crippen molar-refractivity contribution in [3.05, 3.63) is 59.7 Å². The minimum Gasteiger partial charge on any atom is -0.497 e. The van der Waals surface area contributed by atoms with Gasteiger partial charge in [-0.15, -0.1) is 0 Å². The maximum absolute atomic E-state index is 12.7. The summed E-state index contributed by atoms with van der Waals surface area (Å²) in [5, 5.41) is 0. The van der Waals surface area contributed by atoms with Gasteiger partial charge in [-0.3, -0.25) is 19.4 Å². The van der Waals surface area contributed by atoms with E-state index in [1.54, 1.807) is 7.11 Å². The minimum absolute atomic E-state index is 0.0416. The molecule has 0 bridgehead atoms. The first-order valence-electron chi connectivity index (χ1n) is 11.0. The Morgan fingerprint density at radius 3 is 2.19 bits per heavy atom. The molecule has 2 aromatic rings. The topological polar surface area (TPSA) is 53.1 Å². The number of aryl methyl sites for hydroxylation is 1. The average Bonchev–Trinajstić information content (AvgIpc) is 2.79. The highest BCUT2D eigenvalue weighted by Crippen LogP contribution is 2.30. The molecule has 2 aromatic carbocycles. The zero-order valence-corrected chi connectivity index (χ0v) is 18.4. The SMILES string of the molecule is COc1ccc(C2CC(=O)N(CCN3CCN(c4cccc(C)c4)CC3)C(=O)C2)cc1. The molecule has 31 heavy (non-hydrogen) atoms. The lowest BCUT2D eigenvalue weighted by Crippen LogP contribution is -2.51. The van der Waals surface area contributed by atoms with Crippen molar-refractivity contribution in [2.24, 2.45) is 0 Å². The molecule has 2 fully saturated rings. The molecule has 164 valence electrons. The number of carbonyl (C=O) groups excluding carboxylic acids is 2. The van der Waals surface area contributed by atoms with Gasteiger partial charge in [-0.1, -0.05) is 24.3 Å². The fraction of sp³-hybridized carbons (Fsp3) is 0.440. The molecule has 0 aromatic heterocycles. The van der Waals surface area contributed by atoms with E-state index in [-0.39, 0.29) is 17.7 Å². The molecule has 0 saturated carbocycles. The number of methoxy groups -OCH3 is 1. The van der Waals surface area contributed by atoms with Crippen molar-refractivity contribution in [2.45, 2.75) is 25.7 Å². The first-order valence-corrected chi connectivity index (χ1v) is 11.0. The molecule has 2 aliphatic rings. The Morgan fingerprint density at radius 2 is 1.58 bits per heavy atom. The number of anilines is 1. The van der Waals surface area contributed by atoms with Crippen molar-refractivity contribution in [3.8, 4) is 5.75 Å². The number of hydrogen-bond donors (Lipinski definition) is 0. The van der Waals surface area contributed by atoms with E-state index in [1.807, 2.05) is 24.3 Å². The van der Waals surface area contributed by atoms with Gasteiger partial charge in [-0.05, 0) is 42.3 Å². The van der Waals surface area contributed by atoms with E-state index in [0.717, 1.165) is 44.0 Å². The third kappa shape index (κ3) is 5.07. The van der Waals surface area contributed by atoms with E-state index >= 15 is 0 Å². The predicted octanol–water partition coefficient (Wildman–Crippen LogP) is 3.06. The van der Waals surface area contributed by atoms with Crippen LogP contribution in [0.4, 0.5) is 5.69 Å². The van der Waals surface area contributed by atoms with Gasteiger partial charge in [0.1, 0.15) is 5.75 Å². The first-order chi connectivity index (χ1) is 15.0. The van der Waals surface area contributed by atoms with E-state index in [4.69, 9.17) is 4.74 Å². The van der Waals surface area contributed by atoms with Gasteiger partial charge in [0.2, 0.25) is 11.8 Å². The molecule has 2 saturated heterocycles. The molecular weight excluding hydrogens is 390 g/mol. The number of ether oxygens (including phenoxy) is 1. The minimum atomic E-state index is -0.0598. The number of benzene rings is 2. The number of piperidine rings is 1. The Balaban J connectivity index is 1.26. The van der Waals surface area contributed by atoms with Crippen LogP contribution in [0.2, 0.25) is 0 Å². The molecule has 2 heterocycles. The summed E-state index contributed by atoms with van der Waals surface area (Å²) < 4.78 is 5.19. The number of piperazine rings is 1. The van der Waals surface area contributed by atoms with Crippen LogP contribution in [0.25, 0.3) is 0 Å². The van der Waals surface area contributed by atoms with Gasteiger partial charge in [0.05, 0.1) is 7.11 Å². The van der Waals surface area contributed by atoms with Crippen LogP contribution in [0.15, 0.2) is 48.5 Å². The Kier molecular flexibility index (Phi) is 6.56. The standard InChI is InChI=1S/C25H31N3O3/c1-19-4-3-5-22(16-19)27-13-10-26(11-14-27)12-15-28-24(29)17-21(18-25(28)30)20-6-8-23(31-2)9-7-20/h3-9,16,21H,10-15,17-18H2,1-2H3. The maximum Gasteiger partial charge on any atom is 0.229 e. The zero-order valence-electron chi connectivity index (χ0n) is 18.4. The normalized spacial score (nSPS) is 18.5. The van der Waals surface area contributed by atoms with Crippen LogP contribution in [0.3, 0.4) is 0 Å². The average molecular weight is 422 g/mol. The summed E-state index contributed by atoms with van der Waals surface area (Å²) in [5.74, 6) is 0.618. The van der Waals surface area contributed by atoms with Crippen LogP contribution in [-0.4, -0.2) is 68.0 Å². The molecule has 0 N–H and O–H groups in total. The lowest BCUT2D eigenvalue weighted by atomic mass is 9.88. The largest absolute Gasteiger partial charge is 0.497 e. The van der Waals surface area contributed by atoms with E-state index in [1.165, 1.54) is 16.2 Å². The van der Waals surface area contributed by atoms with Crippen molar-refractivity contribution >= 4 is 17.5 Å². The molecule has 2 amide bonds. The Hall–Kier alpha value is -2.86. The summed E-state index contributed by atoms with van der Waals surface area (Å²) in [6.07, 6.45) is 0.776. The van der Waals surface area contributed by atoms with E-state index < -0.39 is 0 Å². The Morgan fingerprint density at radius 1 is 0.903 bits per heavy atom. The third-order valence-corrected chi connectivity index (χ3v) is 6.41. The van der Waals surface area contributed by atoms with Crippen molar-refractivity contribution in [2.75, 3.05) is 51.3 Å². The molecule has 0 atom stereocenters. The maximum atomic E-state index is 12.7. The number of likely N-dealkylation sites (tertiary alicyclic amines) is 1. The van der Waals surface area contributed by atoms with Crippen LogP contribution in [-0.2, 0) is 9.59 Å². The van der Waals surface area contributed by atoms with Crippen LogP contribution in [0.5, 0.6) is 5.75 Å². The molecule has 0 radical (unpaired) electrons. The van der Waals surface area contributed by atoms with E-state index in [2.05, 4.69) is 41.0 Å². The quantitative estimate of drug-likeness (QED) is 0.671. The van der Waals surface area contributed by atoms with Gasteiger partial charge >= 0.3 is 0 Å². The molecule has 0 spiro atoms. The fourth-order valence-corrected chi connectivity index (χ4v) is 4.51. The smallest absolute Gasteiger partial charge is 0.229 e. The number of rotatable bonds is 6. The monoisotopic (exact) mass is 421 g/mol. The second-order valence-corrected chi connectivity index (χ2v) is 8.49. The molecular formula is C25H31N3O3. The van der Waals surface area contributed by atoms with E-state index in [9.17, 15) is 9.59 Å². The first kappa shape index (κ1) is 21.4. The summed E-state index contributed by atoms with van der Waals surface area (Å²) in [7, 11) is 1.63. The second-order valence-electron chi connectivity index (χ2n) is 8.49. The van der Waals surface area contributed by atoms with Crippen LogP contribution >= 0.6 is 0 Å². The molecule has 6 nitrogen and oxygen atoms in total. The number of carbonyl (C=O) groups is 2. The van der Waals surface area contributed by atoms with Gasteiger partial charge in [-0.25, -0.2) is 0 Å². The number of hydrogen-bond acceptors (Lipinski definition) is 5. The summed E-state index contributed by atoms with van der Waals surface area (Å²) in [4.78, 5) is 31.6. The fourth-order valence-electron chi connectivity index (χ4n) is 4.51. The van der Waals surface area contributed by atoms with Crippen molar-refractivity contribution in [1.82, 2.24) is 9.80 Å². The second kappa shape index (κ2) is 9.52. The molecule has 4 rings (SSSR count). The summed E-state index contributed by atoms with van der Waals surface area (Å²) >= 11 is 0. The summed E-state index contributed by atoms with van der Waals surface area (Å²) in [6.45, 7) is 7.16. The predicted molar refractivity (Wildman–Crippen MR) is 122 cm³/mol. The highest BCUT2D eigenvalue weighted by molar-refractivity contribution is 5.98. The summed E-state index contributed by atoms with van der Waals surface area (Å²) in [6, 6.07) is 16.3. The molecule has 6 heteroatoms. The van der Waals surface area contributed by atoms with Crippen molar-refractivity contribution in [1.29, 1.82) is 0 Å². The number of amides is 2. The molecule has 0 aliphatic carbocycles. The van der Waals surface area contributed by atoms with Gasteiger partial charge in [-0.2, -0.15) is 0 Å². The van der Waals surface area contributed by atoms with Crippen LogP contribution in [0, 0.1) is 6.92 Å². The van der Waals surface area contributed by atoms with Crippen LogP contribution < -0.4 is 9.64 Å². The highest BCUT2D eigenvalue weighted by atomic mass is 16.5. The van der Waals surface area contributed by atoms with Crippen molar-refractivity contribution in [3.63, 3.8) is 0 Å². The third-order valence-electron chi connectivity index (χ3n) is 6.41. The molecule has 0 unspecified atom stereocenters. The van der Waals surface area contributed by atoms with Gasteiger partial charge in [0.25, 0.3) is 0 Å². The van der Waals surface area contributed by atoms with Gasteiger partial charge in [0.15, 0.2) is 0 Å². The van der Waals surface area contributed by atoms with Gasteiger partial charge in [0, 0.05) is 63.7 Å². The number of imide groups is 1. The Bertz CT molecular complexity index is 902. The van der Waals surface area contributed by atoms with Crippen molar-refractivity contribution < 1.29 is 14.3 Å². The number of nitrogens with zero attached hydrogens (tertiary/aromatic N) is 3. The lowest BCUT2D eigenvalue weighted by Gasteiger charge is -2.37. The highest BCUT2D eigenvalue weighted by Gasteiger charge is 2.33. The van der Waals surface area contributed by atoms with E-state index in [0.29, 0.717) is 19.4 Å². The van der Waals surface area contributed by atoms with Crippen LogP contribution in [0.1, 0.15) is 29.9 Å². The lowest BCUT2D eigenvalue weighted by molar-refractivity contribution is -0.148.